The molecule has 1 N–H and O–H groups in total. The lowest BCUT2D eigenvalue weighted by molar-refractivity contribution is -0.385. The van der Waals surface area contributed by atoms with E-state index >= 15 is 0 Å². The van der Waals surface area contributed by atoms with Crippen LogP contribution in [0.1, 0.15) is 23.7 Å². The van der Waals surface area contributed by atoms with Crippen LogP contribution in [0.4, 0.5) is 10.1 Å². The third kappa shape index (κ3) is 2.41. The van der Waals surface area contributed by atoms with Gasteiger partial charge in [-0.25, -0.2) is 4.39 Å². The van der Waals surface area contributed by atoms with Crippen LogP contribution in [0.5, 0.6) is 0 Å². The zero-order valence-electron chi connectivity index (χ0n) is 10.3. The van der Waals surface area contributed by atoms with Gasteiger partial charge in [0.15, 0.2) is 0 Å². The zero-order chi connectivity index (χ0) is 14.2. The topological polar surface area (TPSA) is 83.7 Å². The van der Waals surface area contributed by atoms with Gasteiger partial charge < -0.3 is 10.0 Å². The average molecular weight is 268 g/mol. The molecule has 6 nitrogen and oxygen atoms in total. The highest BCUT2D eigenvalue weighted by atomic mass is 19.1. The first-order chi connectivity index (χ1) is 8.86. The number of hydrogen-bond donors (Lipinski definition) is 1. The molecule has 0 radical (unpaired) electrons. The number of β-amino-alcohol motifs (C(OH)–C–C–N with tert-alkyl or cyclic N) is 1. The molecule has 0 atom stereocenters. The Kier molecular flexibility index (Phi) is 3.23. The van der Waals surface area contributed by atoms with E-state index in [0.717, 1.165) is 18.2 Å². The summed E-state index contributed by atoms with van der Waals surface area (Å²) in [6.07, 6.45) is 0.488. The van der Waals surface area contributed by atoms with Crippen molar-refractivity contribution < 1.29 is 19.2 Å². The van der Waals surface area contributed by atoms with E-state index in [4.69, 9.17) is 0 Å². The van der Waals surface area contributed by atoms with E-state index in [-0.39, 0.29) is 18.7 Å². The Bertz CT molecular complexity index is 541. The first-order valence-electron chi connectivity index (χ1n) is 5.82. The van der Waals surface area contributed by atoms with E-state index < -0.39 is 27.9 Å². The van der Waals surface area contributed by atoms with Gasteiger partial charge in [-0.2, -0.15) is 0 Å². The number of nitro groups is 1. The fourth-order valence-corrected chi connectivity index (χ4v) is 2.04. The van der Waals surface area contributed by atoms with Crippen LogP contribution in [-0.2, 0) is 0 Å². The monoisotopic (exact) mass is 268 g/mol. The molecule has 1 fully saturated rings. The molecule has 1 aliphatic heterocycles. The third-order valence-electron chi connectivity index (χ3n) is 3.30. The second-order valence-electron chi connectivity index (χ2n) is 4.66. The van der Waals surface area contributed by atoms with Crippen molar-refractivity contribution in [1.82, 2.24) is 4.90 Å². The van der Waals surface area contributed by atoms with E-state index in [2.05, 4.69) is 0 Å². The van der Waals surface area contributed by atoms with Gasteiger partial charge in [-0.05, 0) is 18.6 Å². The lowest BCUT2D eigenvalue weighted by Gasteiger charge is -2.45. The molecule has 0 unspecified atom stereocenters. The van der Waals surface area contributed by atoms with Crippen LogP contribution in [0, 0.1) is 15.9 Å². The number of hydrogen-bond acceptors (Lipinski definition) is 4. The molecular weight excluding hydrogens is 255 g/mol. The minimum atomic E-state index is -0.933. The number of likely N-dealkylation sites (tertiary alicyclic amines) is 1. The van der Waals surface area contributed by atoms with Gasteiger partial charge in [-0.15, -0.1) is 0 Å². The van der Waals surface area contributed by atoms with Crippen LogP contribution < -0.4 is 0 Å². The fourth-order valence-electron chi connectivity index (χ4n) is 2.04. The number of nitrogens with zero attached hydrogens (tertiary/aromatic N) is 2. The number of aliphatic hydroxyl groups is 1. The van der Waals surface area contributed by atoms with Crippen molar-refractivity contribution in [3.05, 3.63) is 39.7 Å². The summed E-state index contributed by atoms with van der Waals surface area (Å²) in [4.78, 5) is 23.4. The SMILES string of the molecule is CCC1(O)CN(C(=O)c2cc(F)ccc2[N+](=O)[O-])C1. The third-order valence-corrected chi connectivity index (χ3v) is 3.30. The lowest BCUT2D eigenvalue weighted by Crippen LogP contribution is -2.63. The maximum Gasteiger partial charge on any atom is 0.282 e. The molecule has 1 aliphatic rings. The summed E-state index contributed by atoms with van der Waals surface area (Å²) in [7, 11) is 0. The number of amides is 1. The summed E-state index contributed by atoms with van der Waals surface area (Å²) in [6.45, 7) is 2.00. The van der Waals surface area contributed by atoms with Crippen LogP contribution >= 0.6 is 0 Å². The van der Waals surface area contributed by atoms with E-state index in [1.54, 1.807) is 6.92 Å². The molecule has 1 amide bonds. The van der Waals surface area contributed by atoms with Crippen LogP contribution in [0.2, 0.25) is 0 Å². The van der Waals surface area contributed by atoms with Crippen molar-refractivity contribution in [3.8, 4) is 0 Å². The molecule has 1 aromatic carbocycles. The zero-order valence-corrected chi connectivity index (χ0v) is 10.3. The standard InChI is InChI=1S/C12H13FN2O4/c1-2-12(17)6-14(7-12)11(16)9-5-8(13)3-4-10(9)15(18)19/h3-5,17H,2,6-7H2,1H3. The molecule has 0 saturated carbocycles. The van der Waals surface area contributed by atoms with Gasteiger partial charge in [0.2, 0.25) is 0 Å². The normalized spacial score (nSPS) is 16.9. The minimum Gasteiger partial charge on any atom is -0.386 e. The smallest absolute Gasteiger partial charge is 0.282 e. The Morgan fingerprint density at radius 2 is 2.21 bits per heavy atom. The van der Waals surface area contributed by atoms with Crippen LogP contribution in [0.15, 0.2) is 18.2 Å². The largest absolute Gasteiger partial charge is 0.386 e. The summed E-state index contributed by atoms with van der Waals surface area (Å²) < 4.78 is 13.1. The highest BCUT2D eigenvalue weighted by Crippen LogP contribution is 2.28. The average Bonchev–Trinajstić information content (AvgIpc) is 2.33. The molecule has 7 heteroatoms. The molecule has 1 saturated heterocycles. The first-order valence-corrected chi connectivity index (χ1v) is 5.82. The summed E-state index contributed by atoms with van der Waals surface area (Å²) in [5.74, 6) is -1.34. The predicted molar refractivity (Wildman–Crippen MR) is 64.2 cm³/mol. The summed E-state index contributed by atoms with van der Waals surface area (Å²) in [6, 6.07) is 2.76. The summed E-state index contributed by atoms with van der Waals surface area (Å²) in [5, 5.41) is 20.6. The van der Waals surface area contributed by atoms with Crippen molar-refractivity contribution in [3.63, 3.8) is 0 Å². The number of carbonyl (C=O) groups excluding carboxylic acids is 1. The van der Waals surface area contributed by atoms with E-state index in [1.165, 1.54) is 4.90 Å². The molecule has 0 spiro atoms. The molecule has 1 heterocycles. The van der Waals surface area contributed by atoms with Gasteiger partial charge in [0, 0.05) is 6.07 Å². The Morgan fingerprint density at radius 3 is 2.74 bits per heavy atom. The second kappa shape index (κ2) is 4.58. The fraction of sp³-hybridized carbons (Fsp3) is 0.417. The number of benzene rings is 1. The van der Waals surface area contributed by atoms with Crippen molar-refractivity contribution >= 4 is 11.6 Å². The molecule has 0 aliphatic carbocycles. The van der Waals surface area contributed by atoms with Gasteiger partial charge in [0.25, 0.3) is 11.6 Å². The van der Waals surface area contributed by atoms with Gasteiger partial charge in [0.05, 0.1) is 23.6 Å². The van der Waals surface area contributed by atoms with Crippen LogP contribution in [0.3, 0.4) is 0 Å². The molecule has 0 aromatic heterocycles. The molecule has 0 bridgehead atoms. The van der Waals surface area contributed by atoms with E-state index in [9.17, 15) is 24.4 Å². The molecular formula is C12H13FN2O4. The van der Waals surface area contributed by atoms with Crippen LogP contribution in [0.25, 0.3) is 0 Å². The van der Waals surface area contributed by atoms with Gasteiger partial charge in [0.1, 0.15) is 11.4 Å². The van der Waals surface area contributed by atoms with Crippen LogP contribution in [-0.4, -0.2) is 39.5 Å². The highest BCUT2D eigenvalue weighted by molar-refractivity contribution is 5.98. The molecule has 1 aromatic rings. The van der Waals surface area contributed by atoms with Gasteiger partial charge >= 0.3 is 0 Å². The van der Waals surface area contributed by atoms with Crippen molar-refractivity contribution in [2.45, 2.75) is 18.9 Å². The lowest BCUT2D eigenvalue weighted by atomic mass is 9.90. The Labute approximate surface area is 108 Å². The van der Waals surface area contributed by atoms with Gasteiger partial charge in [-0.3, -0.25) is 14.9 Å². The number of nitro benzene ring substituents is 1. The Balaban J connectivity index is 2.25. The van der Waals surface area contributed by atoms with Crippen molar-refractivity contribution in [2.24, 2.45) is 0 Å². The maximum atomic E-state index is 13.1. The predicted octanol–water partition coefficient (Wildman–Crippen LogP) is 1.33. The Hall–Kier alpha value is -2.02. The van der Waals surface area contributed by atoms with E-state index in [1.807, 2.05) is 0 Å². The van der Waals surface area contributed by atoms with Crippen molar-refractivity contribution in [1.29, 1.82) is 0 Å². The Morgan fingerprint density at radius 1 is 1.58 bits per heavy atom. The molecule has 19 heavy (non-hydrogen) atoms. The number of halogens is 1. The minimum absolute atomic E-state index is 0.107. The number of carbonyl (C=O) groups is 1. The van der Waals surface area contributed by atoms with Gasteiger partial charge in [-0.1, -0.05) is 6.92 Å². The maximum absolute atomic E-state index is 13.1. The highest BCUT2D eigenvalue weighted by Gasteiger charge is 2.43. The summed E-state index contributed by atoms with van der Waals surface area (Å²) in [5.41, 5.74) is -1.65. The molecule has 2 rings (SSSR count). The first kappa shape index (κ1) is 13.4. The number of rotatable bonds is 3. The molecule has 102 valence electrons. The summed E-state index contributed by atoms with van der Waals surface area (Å²) >= 11 is 0. The van der Waals surface area contributed by atoms with E-state index in [0.29, 0.717) is 6.42 Å². The van der Waals surface area contributed by atoms with Crippen molar-refractivity contribution in [2.75, 3.05) is 13.1 Å². The second-order valence-corrected chi connectivity index (χ2v) is 4.66. The quantitative estimate of drug-likeness (QED) is 0.662.